The van der Waals surface area contributed by atoms with Crippen LogP contribution < -0.4 is 0 Å². The van der Waals surface area contributed by atoms with E-state index in [0.29, 0.717) is 31.0 Å². The zero-order chi connectivity index (χ0) is 17.2. The van der Waals surface area contributed by atoms with Gasteiger partial charge in [0.15, 0.2) is 5.76 Å². The van der Waals surface area contributed by atoms with Gasteiger partial charge in [-0.3, -0.25) is 4.79 Å². The van der Waals surface area contributed by atoms with E-state index < -0.39 is 10.0 Å². The maximum absolute atomic E-state index is 12.8. The molecule has 0 aliphatic carbocycles. The first-order valence-corrected chi connectivity index (χ1v) is 9.32. The minimum absolute atomic E-state index is 0.199. The van der Waals surface area contributed by atoms with Crippen LogP contribution in [-0.4, -0.2) is 49.7 Å². The summed E-state index contributed by atoms with van der Waals surface area (Å²) in [6.07, 6.45) is 2.05. The lowest BCUT2D eigenvalue weighted by molar-refractivity contribution is 0.0732. The molecule has 1 aromatic heterocycles. The number of carbonyl (C=O) groups excluding carboxylic acids is 1. The number of aryl methyl sites for hydroxylation is 1. The van der Waals surface area contributed by atoms with Crippen molar-refractivity contribution in [2.45, 2.75) is 18.2 Å². The monoisotopic (exact) mass is 348 g/mol. The quantitative estimate of drug-likeness (QED) is 0.852. The molecule has 1 saturated heterocycles. The van der Waals surface area contributed by atoms with Crippen LogP contribution in [0, 0.1) is 6.92 Å². The minimum atomic E-state index is -3.53. The Bertz CT molecular complexity index is 798. The molecule has 0 bridgehead atoms. The maximum Gasteiger partial charge on any atom is 0.289 e. The summed E-state index contributed by atoms with van der Waals surface area (Å²) in [7, 11) is -3.53. The van der Waals surface area contributed by atoms with Crippen LogP contribution in [0.4, 0.5) is 0 Å². The number of benzene rings is 1. The minimum Gasteiger partial charge on any atom is -0.459 e. The Morgan fingerprint density at radius 3 is 2.46 bits per heavy atom. The molecular weight excluding hydrogens is 328 g/mol. The van der Waals surface area contributed by atoms with Gasteiger partial charge in [0.2, 0.25) is 10.0 Å². The van der Waals surface area contributed by atoms with Crippen LogP contribution in [-0.2, 0) is 10.0 Å². The molecule has 128 valence electrons. The summed E-state index contributed by atoms with van der Waals surface area (Å²) in [5.74, 6) is 0.0828. The molecule has 1 aliphatic rings. The van der Waals surface area contributed by atoms with Crippen molar-refractivity contribution in [2.24, 2.45) is 0 Å². The second-order valence-electron chi connectivity index (χ2n) is 5.84. The van der Waals surface area contributed by atoms with E-state index in [1.807, 2.05) is 6.92 Å². The highest BCUT2D eigenvalue weighted by Gasteiger charge is 2.29. The number of rotatable bonds is 3. The number of nitrogens with zero attached hydrogens (tertiary/aromatic N) is 2. The topological polar surface area (TPSA) is 70.8 Å². The molecule has 7 heteroatoms. The first-order chi connectivity index (χ1) is 11.5. The van der Waals surface area contributed by atoms with Crippen molar-refractivity contribution in [3.05, 3.63) is 54.0 Å². The highest BCUT2D eigenvalue weighted by Crippen LogP contribution is 2.19. The number of carbonyl (C=O) groups is 1. The summed E-state index contributed by atoms with van der Waals surface area (Å²) in [5, 5.41) is 0. The van der Waals surface area contributed by atoms with E-state index in [4.69, 9.17) is 4.42 Å². The second-order valence-corrected chi connectivity index (χ2v) is 7.78. The van der Waals surface area contributed by atoms with E-state index >= 15 is 0 Å². The van der Waals surface area contributed by atoms with Gasteiger partial charge in [-0.15, -0.1) is 0 Å². The molecule has 0 atom stereocenters. The fourth-order valence-corrected chi connectivity index (χ4v) is 4.22. The lowest BCUT2D eigenvalue weighted by Gasteiger charge is -2.21. The van der Waals surface area contributed by atoms with Crippen molar-refractivity contribution < 1.29 is 17.6 Å². The number of sulfonamides is 1. The molecule has 24 heavy (non-hydrogen) atoms. The summed E-state index contributed by atoms with van der Waals surface area (Å²) in [4.78, 5) is 14.3. The number of furan rings is 1. The maximum atomic E-state index is 12.8. The van der Waals surface area contributed by atoms with Crippen LogP contribution in [0.15, 0.2) is 52.0 Å². The largest absolute Gasteiger partial charge is 0.459 e. The van der Waals surface area contributed by atoms with Gasteiger partial charge >= 0.3 is 0 Å². The van der Waals surface area contributed by atoms with Crippen molar-refractivity contribution in [2.75, 3.05) is 26.2 Å². The average molecular weight is 348 g/mol. The summed E-state index contributed by atoms with van der Waals surface area (Å²) < 4.78 is 32.1. The molecule has 1 aliphatic heterocycles. The lowest BCUT2D eigenvalue weighted by atomic mass is 10.2. The van der Waals surface area contributed by atoms with Gasteiger partial charge in [-0.1, -0.05) is 17.7 Å². The predicted octanol–water partition coefficient (Wildman–Crippen LogP) is 2.12. The van der Waals surface area contributed by atoms with E-state index in [9.17, 15) is 13.2 Å². The Labute approximate surface area is 141 Å². The summed E-state index contributed by atoms with van der Waals surface area (Å²) in [6.45, 7) is 3.46. The zero-order valence-corrected chi connectivity index (χ0v) is 14.3. The molecule has 2 heterocycles. The SMILES string of the molecule is Cc1ccc(S(=O)(=O)N2CCCN(C(=O)c3ccco3)CC2)cc1. The van der Waals surface area contributed by atoms with Crippen molar-refractivity contribution >= 4 is 15.9 Å². The van der Waals surface area contributed by atoms with Crippen molar-refractivity contribution in [3.63, 3.8) is 0 Å². The van der Waals surface area contributed by atoms with Gasteiger partial charge in [0, 0.05) is 26.2 Å². The van der Waals surface area contributed by atoms with E-state index in [1.54, 1.807) is 41.3 Å². The van der Waals surface area contributed by atoms with E-state index in [1.165, 1.54) is 10.6 Å². The molecule has 0 spiro atoms. The highest BCUT2D eigenvalue weighted by atomic mass is 32.2. The van der Waals surface area contributed by atoms with Crippen LogP contribution in [0.2, 0.25) is 0 Å². The van der Waals surface area contributed by atoms with Crippen molar-refractivity contribution in [1.82, 2.24) is 9.21 Å². The lowest BCUT2D eigenvalue weighted by Crippen LogP contribution is -2.37. The van der Waals surface area contributed by atoms with E-state index in [-0.39, 0.29) is 18.2 Å². The van der Waals surface area contributed by atoms with Gasteiger partial charge < -0.3 is 9.32 Å². The van der Waals surface area contributed by atoms with Gasteiger partial charge in [0.05, 0.1) is 11.2 Å². The van der Waals surface area contributed by atoms with Crippen molar-refractivity contribution in [3.8, 4) is 0 Å². The number of hydrogen-bond acceptors (Lipinski definition) is 4. The zero-order valence-electron chi connectivity index (χ0n) is 13.5. The molecule has 1 aromatic carbocycles. The molecule has 0 unspecified atom stereocenters. The highest BCUT2D eigenvalue weighted by molar-refractivity contribution is 7.89. The summed E-state index contributed by atoms with van der Waals surface area (Å²) >= 11 is 0. The van der Waals surface area contributed by atoms with Crippen LogP contribution >= 0.6 is 0 Å². The predicted molar refractivity (Wildman–Crippen MR) is 89.2 cm³/mol. The number of hydrogen-bond donors (Lipinski definition) is 0. The third-order valence-electron chi connectivity index (χ3n) is 4.13. The van der Waals surface area contributed by atoms with Gasteiger partial charge in [-0.2, -0.15) is 4.31 Å². The average Bonchev–Trinajstić information content (AvgIpc) is 2.98. The molecule has 1 amide bonds. The second kappa shape index (κ2) is 6.78. The number of amides is 1. The van der Waals surface area contributed by atoms with Crippen LogP contribution in [0.25, 0.3) is 0 Å². The van der Waals surface area contributed by atoms with Gasteiger partial charge in [-0.25, -0.2) is 8.42 Å². The van der Waals surface area contributed by atoms with E-state index in [2.05, 4.69) is 0 Å². The Kier molecular flexibility index (Phi) is 4.73. The Morgan fingerprint density at radius 2 is 1.79 bits per heavy atom. The van der Waals surface area contributed by atoms with Gasteiger partial charge in [-0.05, 0) is 37.6 Å². The molecule has 2 aromatic rings. The molecule has 0 N–H and O–H groups in total. The fourth-order valence-electron chi connectivity index (χ4n) is 2.75. The standard InChI is InChI=1S/C17H20N2O4S/c1-14-5-7-15(8-6-14)24(21,22)19-10-3-9-18(11-12-19)17(20)16-4-2-13-23-16/h2,4-8,13H,3,9-12H2,1H3. The first kappa shape index (κ1) is 16.7. The Hall–Kier alpha value is -2.12. The first-order valence-electron chi connectivity index (χ1n) is 7.88. The Morgan fingerprint density at radius 1 is 1.04 bits per heavy atom. The molecule has 3 rings (SSSR count). The van der Waals surface area contributed by atoms with Crippen LogP contribution in [0.5, 0.6) is 0 Å². The van der Waals surface area contributed by atoms with Crippen LogP contribution in [0.1, 0.15) is 22.5 Å². The molecule has 0 radical (unpaired) electrons. The van der Waals surface area contributed by atoms with Gasteiger partial charge in [0.25, 0.3) is 5.91 Å². The molecular formula is C17H20N2O4S. The van der Waals surface area contributed by atoms with Crippen LogP contribution in [0.3, 0.4) is 0 Å². The molecule has 0 saturated carbocycles. The summed E-state index contributed by atoms with van der Waals surface area (Å²) in [5.41, 5.74) is 1.01. The molecule has 1 fully saturated rings. The normalized spacial score (nSPS) is 16.8. The summed E-state index contributed by atoms with van der Waals surface area (Å²) in [6, 6.07) is 10.1. The Balaban J connectivity index is 1.73. The smallest absolute Gasteiger partial charge is 0.289 e. The van der Waals surface area contributed by atoms with Crippen molar-refractivity contribution in [1.29, 1.82) is 0 Å². The van der Waals surface area contributed by atoms with Gasteiger partial charge in [0.1, 0.15) is 0 Å². The third kappa shape index (κ3) is 3.37. The van der Waals surface area contributed by atoms with E-state index in [0.717, 1.165) is 5.56 Å². The third-order valence-corrected chi connectivity index (χ3v) is 6.05. The molecule has 6 nitrogen and oxygen atoms in total. The fraction of sp³-hybridized carbons (Fsp3) is 0.353.